The van der Waals surface area contributed by atoms with Crippen molar-refractivity contribution in [2.75, 3.05) is 6.54 Å². The van der Waals surface area contributed by atoms with Gasteiger partial charge in [-0.1, -0.05) is 19.3 Å². The Labute approximate surface area is 107 Å². The first-order valence-corrected chi connectivity index (χ1v) is 6.48. The lowest BCUT2D eigenvalue weighted by molar-refractivity contribution is -0.154. The van der Waals surface area contributed by atoms with Crippen LogP contribution in [-0.4, -0.2) is 23.5 Å². The van der Waals surface area contributed by atoms with Crippen molar-refractivity contribution >= 4 is 11.9 Å². The van der Waals surface area contributed by atoms with Gasteiger partial charge in [-0.05, 0) is 19.3 Å². The minimum absolute atomic E-state index is 0.0644. The molecule has 0 radical (unpaired) electrons. The van der Waals surface area contributed by atoms with Gasteiger partial charge in [0.15, 0.2) is 0 Å². The average Bonchev–Trinajstić information content (AvgIpc) is 2.35. The Balaban J connectivity index is 2.44. The average molecular weight is 252 g/mol. The van der Waals surface area contributed by atoms with Gasteiger partial charge in [0.1, 0.15) is 0 Å². The lowest BCUT2D eigenvalue weighted by Gasteiger charge is -2.32. The Morgan fingerprint density at radius 2 is 1.94 bits per heavy atom. The molecule has 2 N–H and O–H groups in total. The summed E-state index contributed by atoms with van der Waals surface area (Å²) in [6.07, 6.45) is 5.09. The van der Waals surface area contributed by atoms with E-state index in [1.165, 1.54) is 0 Å². The Hall–Kier alpha value is -1.57. The van der Waals surface area contributed by atoms with Crippen LogP contribution in [0.5, 0.6) is 0 Å². The monoisotopic (exact) mass is 252 g/mol. The number of carboxylic acid groups (broad SMARTS) is 1. The number of nitriles is 1. The maximum absolute atomic E-state index is 11.7. The molecule has 1 amide bonds. The molecule has 0 saturated heterocycles. The molecule has 18 heavy (non-hydrogen) atoms. The quantitative estimate of drug-likeness (QED) is 0.706. The predicted octanol–water partition coefficient (Wildman–Crippen LogP) is 1.83. The molecule has 5 nitrogen and oxygen atoms in total. The van der Waals surface area contributed by atoms with Crippen LogP contribution in [0.2, 0.25) is 0 Å². The normalized spacial score (nSPS) is 17.7. The van der Waals surface area contributed by atoms with Crippen molar-refractivity contribution in [3.05, 3.63) is 0 Å². The fourth-order valence-corrected chi connectivity index (χ4v) is 2.46. The van der Waals surface area contributed by atoms with E-state index in [1.807, 2.05) is 6.07 Å². The SMILES string of the molecule is N#CCCCNC(=O)CC1(C(=O)O)CCCCC1. The van der Waals surface area contributed by atoms with Crippen molar-refractivity contribution in [3.63, 3.8) is 0 Å². The summed E-state index contributed by atoms with van der Waals surface area (Å²) < 4.78 is 0. The Kier molecular flexibility index (Phi) is 5.63. The molecule has 1 aliphatic rings. The highest BCUT2D eigenvalue weighted by atomic mass is 16.4. The number of aliphatic carboxylic acids is 1. The van der Waals surface area contributed by atoms with E-state index in [-0.39, 0.29) is 12.3 Å². The Morgan fingerprint density at radius 3 is 2.50 bits per heavy atom. The van der Waals surface area contributed by atoms with Gasteiger partial charge in [0, 0.05) is 19.4 Å². The number of rotatable bonds is 6. The molecule has 1 fully saturated rings. The summed E-state index contributed by atoms with van der Waals surface area (Å²) in [5, 5.41) is 20.4. The molecule has 1 aliphatic carbocycles. The van der Waals surface area contributed by atoms with Crippen LogP contribution in [0.4, 0.5) is 0 Å². The van der Waals surface area contributed by atoms with Crippen LogP contribution in [-0.2, 0) is 9.59 Å². The minimum atomic E-state index is -0.864. The maximum atomic E-state index is 11.7. The number of hydrogen-bond acceptors (Lipinski definition) is 3. The van der Waals surface area contributed by atoms with Crippen LogP contribution >= 0.6 is 0 Å². The van der Waals surface area contributed by atoms with E-state index in [4.69, 9.17) is 5.26 Å². The van der Waals surface area contributed by atoms with Gasteiger partial charge in [0.2, 0.25) is 5.91 Å². The van der Waals surface area contributed by atoms with Crippen molar-refractivity contribution in [2.24, 2.45) is 5.41 Å². The molecule has 0 bridgehead atoms. The van der Waals surface area contributed by atoms with Crippen LogP contribution < -0.4 is 5.32 Å². The molecule has 0 unspecified atom stereocenters. The molecule has 0 heterocycles. The number of carbonyl (C=O) groups is 2. The van der Waals surface area contributed by atoms with E-state index in [9.17, 15) is 14.7 Å². The van der Waals surface area contributed by atoms with Gasteiger partial charge >= 0.3 is 5.97 Å². The van der Waals surface area contributed by atoms with E-state index in [2.05, 4.69) is 5.32 Å². The second-order valence-corrected chi connectivity index (χ2v) is 4.93. The van der Waals surface area contributed by atoms with Crippen LogP contribution in [0.3, 0.4) is 0 Å². The number of unbranched alkanes of at least 4 members (excludes halogenated alkanes) is 1. The zero-order valence-corrected chi connectivity index (χ0v) is 10.6. The molecule has 0 aromatic heterocycles. The van der Waals surface area contributed by atoms with E-state index >= 15 is 0 Å². The third-order valence-electron chi connectivity index (χ3n) is 3.55. The number of carbonyl (C=O) groups excluding carboxylic acids is 1. The lowest BCUT2D eigenvalue weighted by Crippen LogP contribution is -2.39. The molecule has 5 heteroatoms. The van der Waals surface area contributed by atoms with E-state index in [0.717, 1.165) is 19.3 Å². The van der Waals surface area contributed by atoms with Gasteiger partial charge in [-0.15, -0.1) is 0 Å². The van der Waals surface area contributed by atoms with Gasteiger partial charge in [0.05, 0.1) is 11.5 Å². The minimum Gasteiger partial charge on any atom is -0.481 e. The third kappa shape index (κ3) is 4.02. The molecule has 0 aromatic carbocycles. The summed E-state index contributed by atoms with van der Waals surface area (Å²) in [5.41, 5.74) is -0.864. The molecule has 100 valence electrons. The van der Waals surface area contributed by atoms with Crippen molar-refractivity contribution in [3.8, 4) is 6.07 Å². The summed E-state index contributed by atoms with van der Waals surface area (Å²) >= 11 is 0. The largest absolute Gasteiger partial charge is 0.481 e. The number of amides is 1. The third-order valence-corrected chi connectivity index (χ3v) is 3.55. The second-order valence-electron chi connectivity index (χ2n) is 4.93. The van der Waals surface area contributed by atoms with Gasteiger partial charge in [-0.3, -0.25) is 9.59 Å². The second kappa shape index (κ2) is 7.00. The summed E-state index contributed by atoms with van der Waals surface area (Å²) in [7, 11) is 0. The fourth-order valence-electron chi connectivity index (χ4n) is 2.46. The molecular formula is C13H20N2O3. The smallest absolute Gasteiger partial charge is 0.310 e. The van der Waals surface area contributed by atoms with E-state index in [1.54, 1.807) is 0 Å². The number of nitrogens with one attached hydrogen (secondary N) is 1. The van der Waals surface area contributed by atoms with Crippen LogP contribution in [0.15, 0.2) is 0 Å². The molecular weight excluding hydrogens is 232 g/mol. The predicted molar refractivity (Wildman–Crippen MR) is 65.6 cm³/mol. The van der Waals surface area contributed by atoms with Gasteiger partial charge in [-0.25, -0.2) is 0 Å². The first kappa shape index (κ1) is 14.5. The summed E-state index contributed by atoms with van der Waals surface area (Å²) in [4.78, 5) is 23.1. The fraction of sp³-hybridized carbons (Fsp3) is 0.769. The van der Waals surface area contributed by atoms with Gasteiger partial charge in [-0.2, -0.15) is 5.26 Å². The van der Waals surface area contributed by atoms with Crippen molar-refractivity contribution < 1.29 is 14.7 Å². The molecule has 0 spiro atoms. The molecule has 1 rings (SSSR count). The van der Waals surface area contributed by atoms with Crippen molar-refractivity contribution in [1.29, 1.82) is 5.26 Å². The van der Waals surface area contributed by atoms with Gasteiger partial charge < -0.3 is 10.4 Å². The number of carboxylic acids is 1. The highest BCUT2D eigenvalue weighted by Crippen LogP contribution is 2.39. The van der Waals surface area contributed by atoms with E-state index in [0.29, 0.717) is 32.2 Å². The number of hydrogen-bond donors (Lipinski definition) is 2. The zero-order chi connectivity index (χ0) is 13.4. The van der Waals surface area contributed by atoms with Gasteiger partial charge in [0.25, 0.3) is 0 Å². The summed E-state index contributed by atoms with van der Waals surface area (Å²) in [6, 6.07) is 2.00. The molecule has 0 aromatic rings. The maximum Gasteiger partial charge on any atom is 0.310 e. The topological polar surface area (TPSA) is 90.2 Å². The zero-order valence-electron chi connectivity index (χ0n) is 10.6. The van der Waals surface area contributed by atoms with Crippen molar-refractivity contribution in [1.82, 2.24) is 5.32 Å². The first-order chi connectivity index (χ1) is 8.60. The van der Waals surface area contributed by atoms with E-state index < -0.39 is 11.4 Å². The highest BCUT2D eigenvalue weighted by molar-refractivity contribution is 5.85. The highest BCUT2D eigenvalue weighted by Gasteiger charge is 2.41. The Bertz CT molecular complexity index is 341. The lowest BCUT2D eigenvalue weighted by atomic mass is 9.71. The van der Waals surface area contributed by atoms with Crippen molar-refractivity contribution in [2.45, 2.75) is 51.4 Å². The van der Waals surface area contributed by atoms with Crippen LogP contribution in [0.1, 0.15) is 51.4 Å². The Morgan fingerprint density at radius 1 is 1.28 bits per heavy atom. The summed E-state index contributed by atoms with van der Waals surface area (Å²) in [5.74, 6) is -1.06. The first-order valence-electron chi connectivity index (χ1n) is 6.48. The van der Waals surface area contributed by atoms with Crippen LogP contribution in [0.25, 0.3) is 0 Å². The standard InChI is InChI=1S/C13H20N2O3/c14-8-4-5-9-15-11(16)10-13(12(17)18)6-2-1-3-7-13/h1-7,9-10H2,(H,15,16)(H,17,18). The molecule has 1 saturated carbocycles. The van der Waals surface area contributed by atoms with Crippen LogP contribution in [0, 0.1) is 16.7 Å². The number of nitrogens with zero attached hydrogens (tertiary/aromatic N) is 1. The summed E-state index contributed by atoms with van der Waals surface area (Å²) in [6.45, 7) is 0.447. The molecule has 0 atom stereocenters. The molecule has 0 aliphatic heterocycles.